The average molecular weight is 477 g/mol. The van der Waals surface area contributed by atoms with E-state index in [4.69, 9.17) is 9.47 Å². The van der Waals surface area contributed by atoms with Crippen molar-refractivity contribution < 1.29 is 19.1 Å². The Morgan fingerprint density at radius 1 is 0.943 bits per heavy atom. The molecule has 0 bridgehead atoms. The molecular weight excluding hydrogens is 444 g/mol. The van der Waals surface area contributed by atoms with Gasteiger partial charge in [-0.2, -0.15) is 0 Å². The fourth-order valence-electron chi connectivity index (χ4n) is 3.28. The van der Waals surface area contributed by atoms with Crippen molar-refractivity contribution in [2.75, 3.05) is 40.3 Å². The third-order valence-corrected chi connectivity index (χ3v) is 5.21. The van der Waals surface area contributed by atoms with Crippen LogP contribution in [0.5, 0.6) is 17.2 Å². The summed E-state index contributed by atoms with van der Waals surface area (Å²) in [4.78, 5) is 33.4. The summed E-state index contributed by atoms with van der Waals surface area (Å²) >= 11 is 0. The summed E-state index contributed by atoms with van der Waals surface area (Å²) in [5, 5.41) is 3.12. The van der Waals surface area contributed by atoms with Crippen LogP contribution in [0.25, 0.3) is 0 Å². The van der Waals surface area contributed by atoms with Crippen LogP contribution < -0.4 is 14.8 Å². The maximum Gasteiger partial charge on any atom is 0.343 e. The van der Waals surface area contributed by atoms with Crippen LogP contribution in [-0.2, 0) is 11.3 Å². The summed E-state index contributed by atoms with van der Waals surface area (Å²) in [5.74, 6) is 0.915. The van der Waals surface area contributed by atoms with E-state index in [0.717, 1.165) is 6.54 Å². The molecule has 8 heteroatoms. The van der Waals surface area contributed by atoms with Crippen molar-refractivity contribution in [2.24, 2.45) is 0 Å². The summed E-state index contributed by atoms with van der Waals surface area (Å²) in [7, 11) is 3.96. The van der Waals surface area contributed by atoms with E-state index in [0.29, 0.717) is 48.1 Å². The molecule has 0 atom stereocenters. The van der Waals surface area contributed by atoms with Crippen molar-refractivity contribution >= 4 is 11.9 Å². The molecule has 0 aliphatic heterocycles. The monoisotopic (exact) mass is 476 g/mol. The van der Waals surface area contributed by atoms with Gasteiger partial charge in [0, 0.05) is 32.4 Å². The highest BCUT2D eigenvalue weighted by Crippen LogP contribution is 2.31. The maximum absolute atomic E-state index is 12.8. The van der Waals surface area contributed by atoms with Gasteiger partial charge in [0.05, 0.1) is 17.8 Å². The summed E-state index contributed by atoms with van der Waals surface area (Å²) in [6.45, 7) is 4.66. The molecule has 3 aromatic rings. The molecule has 0 aliphatic carbocycles. The molecular formula is C27H32N4O4. The molecule has 0 spiro atoms. The molecule has 0 aliphatic rings. The van der Waals surface area contributed by atoms with Gasteiger partial charge in [0.1, 0.15) is 5.75 Å². The number of nitrogens with one attached hydrogen (secondary N) is 1. The summed E-state index contributed by atoms with van der Waals surface area (Å²) in [6, 6.07) is 19.6. The molecule has 0 radical (unpaired) electrons. The second-order valence-electron chi connectivity index (χ2n) is 8.17. The number of para-hydroxylation sites is 3. The van der Waals surface area contributed by atoms with Crippen LogP contribution in [0.1, 0.15) is 23.0 Å². The first-order valence-corrected chi connectivity index (χ1v) is 11.6. The van der Waals surface area contributed by atoms with E-state index < -0.39 is 5.97 Å². The fourth-order valence-corrected chi connectivity index (χ4v) is 3.28. The number of pyridine rings is 1. The molecule has 1 heterocycles. The van der Waals surface area contributed by atoms with Crippen LogP contribution in [0.2, 0.25) is 0 Å². The quantitative estimate of drug-likeness (QED) is 0.316. The Kier molecular flexibility index (Phi) is 9.77. The number of esters is 1. The number of benzene rings is 2. The minimum absolute atomic E-state index is 0.0277. The number of hydrogen-bond acceptors (Lipinski definition) is 7. The Hall–Kier alpha value is -3.75. The number of likely N-dealkylation sites (N-methyl/N-ethyl adjacent to an activating group) is 2. The van der Waals surface area contributed by atoms with E-state index in [1.165, 1.54) is 0 Å². The SMILES string of the molecule is CCN(CCN(C)C)C(=O)CNCc1cc(C(=O)Oc2ccccc2Oc2ccccc2)ccn1. The van der Waals surface area contributed by atoms with Crippen LogP contribution in [-0.4, -0.2) is 66.9 Å². The average Bonchev–Trinajstić information content (AvgIpc) is 2.86. The molecule has 1 amide bonds. The predicted octanol–water partition coefficient (Wildman–Crippen LogP) is 3.59. The van der Waals surface area contributed by atoms with E-state index in [2.05, 4.69) is 10.3 Å². The van der Waals surface area contributed by atoms with Gasteiger partial charge in [0.2, 0.25) is 5.91 Å². The zero-order valence-electron chi connectivity index (χ0n) is 20.4. The first kappa shape index (κ1) is 25.9. The van der Waals surface area contributed by atoms with Crippen LogP contribution in [0.15, 0.2) is 72.9 Å². The van der Waals surface area contributed by atoms with E-state index in [9.17, 15) is 9.59 Å². The Labute approximate surface area is 206 Å². The second kappa shape index (κ2) is 13.2. The van der Waals surface area contributed by atoms with Gasteiger partial charge >= 0.3 is 5.97 Å². The minimum atomic E-state index is -0.519. The van der Waals surface area contributed by atoms with Gasteiger partial charge in [-0.05, 0) is 57.4 Å². The predicted molar refractivity (Wildman–Crippen MR) is 135 cm³/mol. The normalized spacial score (nSPS) is 10.7. The number of rotatable bonds is 12. The lowest BCUT2D eigenvalue weighted by Crippen LogP contribution is -2.41. The molecule has 1 aromatic heterocycles. The number of aromatic nitrogens is 1. The number of carbonyl (C=O) groups excluding carboxylic acids is 2. The van der Waals surface area contributed by atoms with Crippen molar-refractivity contribution in [1.29, 1.82) is 0 Å². The van der Waals surface area contributed by atoms with Crippen LogP contribution in [0.3, 0.4) is 0 Å². The smallest absolute Gasteiger partial charge is 0.343 e. The lowest BCUT2D eigenvalue weighted by atomic mass is 10.2. The van der Waals surface area contributed by atoms with Crippen LogP contribution >= 0.6 is 0 Å². The Balaban J connectivity index is 1.57. The first-order valence-electron chi connectivity index (χ1n) is 11.6. The van der Waals surface area contributed by atoms with Gasteiger partial charge < -0.3 is 24.6 Å². The van der Waals surface area contributed by atoms with Crippen molar-refractivity contribution in [3.8, 4) is 17.2 Å². The largest absolute Gasteiger partial charge is 0.453 e. The maximum atomic E-state index is 12.8. The van der Waals surface area contributed by atoms with Crippen LogP contribution in [0.4, 0.5) is 0 Å². The standard InChI is InChI=1S/C27H32N4O4/c1-4-31(17-16-30(2)3)26(32)20-28-19-22-18-21(14-15-29-22)27(33)35-25-13-9-8-12-24(25)34-23-10-6-5-7-11-23/h5-15,18,28H,4,16-17,19-20H2,1-3H3. The van der Waals surface area contributed by atoms with Gasteiger partial charge in [0.15, 0.2) is 11.5 Å². The topological polar surface area (TPSA) is 84.0 Å². The molecule has 0 unspecified atom stereocenters. The van der Waals surface area contributed by atoms with Crippen molar-refractivity contribution in [1.82, 2.24) is 20.1 Å². The summed E-state index contributed by atoms with van der Waals surface area (Å²) in [5.41, 5.74) is 0.996. The minimum Gasteiger partial charge on any atom is -0.453 e. The molecule has 0 fully saturated rings. The Morgan fingerprint density at radius 2 is 1.66 bits per heavy atom. The molecule has 184 valence electrons. The molecule has 3 rings (SSSR count). The van der Waals surface area contributed by atoms with E-state index in [1.807, 2.05) is 67.2 Å². The highest BCUT2D eigenvalue weighted by molar-refractivity contribution is 5.91. The molecule has 0 saturated carbocycles. The molecule has 8 nitrogen and oxygen atoms in total. The van der Waals surface area contributed by atoms with E-state index >= 15 is 0 Å². The molecule has 2 aromatic carbocycles. The van der Waals surface area contributed by atoms with Gasteiger partial charge in [-0.1, -0.05) is 30.3 Å². The van der Waals surface area contributed by atoms with E-state index in [1.54, 1.807) is 36.5 Å². The zero-order valence-corrected chi connectivity index (χ0v) is 20.4. The summed E-state index contributed by atoms with van der Waals surface area (Å²) < 4.78 is 11.5. The zero-order chi connectivity index (χ0) is 25.0. The third kappa shape index (κ3) is 8.20. The Bertz CT molecular complexity index is 1110. The van der Waals surface area contributed by atoms with Crippen molar-refractivity contribution in [2.45, 2.75) is 13.5 Å². The Morgan fingerprint density at radius 3 is 2.37 bits per heavy atom. The highest BCUT2D eigenvalue weighted by atomic mass is 16.6. The third-order valence-electron chi connectivity index (χ3n) is 5.21. The van der Waals surface area contributed by atoms with Crippen molar-refractivity contribution in [3.63, 3.8) is 0 Å². The van der Waals surface area contributed by atoms with Crippen LogP contribution in [0, 0.1) is 0 Å². The number of hydrogen-bond donors (Lipinski definition) is 1. The molecule has 0 saturated heterocycles. The second-order valence-corrected chi connectivity index (χ2v) is 8.17. The van der Waals surface area contributed by atoms with Gasteiger partial charge in [-0.3, -0.25) is 9.78 Å². The lowest BCUT2D eigenvalue weighted by molar-refractivity contribution is -0.130. The van der Waals surface area contributed by atoms with E-state index in [-0.39, 0.29) is 12.5 Å². The number of nitrogens with zero attached hydrogens (tertiary/aromatic N) is 3. The van der Waals surface area contributed by atoms with Gasteiger partial charge in [-0.15, -0.1) is 0 Å². The number of ether oxygens (including phenoxy) is 2. The van der Waals surface area contributed by atoms with Gasteiger partial charge in [0.25, 0.3) is 0 Å². The van der Waals surface area contributed by atoms with Gasteiger partial charge in [-0.25, -0.2) is 4.79 Å². The first-order chi connectivity index (χ1) is 17.0. The highest BCUT2D eigenvalue weighted by Gasteiger charge is 2.15. The summed E-state index contributed by atoms with van der Waals surface area (Å²) in [6.07, 6.45) is 1.55. The number of amides is 1. The lowest BCUT2D eigenvalue weighted by Gasteiger charge is -2.23. The van der Waals surface area contributed by atoms with Crippen molar-refractivity contribution in [3.05, 3.63) is 84.2 Å². The fraction of sp³-hybridized carbons (Fsp3) is 0.296. The molecule has 1 N–H and O–H groups in total. The number of carbonyl (C=O) groups is 2. The molecule has 35 heavy (non-hydrogen) atoms.